The standard InChI is InChI=1S/C10H15BrN2O/c1-9(2,11)8-7-13(14)10(12-8)5-3-4-6-10/h7H,3-6H2,1-2H3. The molecular formula is C10H15BrN2O. The van der Waals surface area contributed by atoms with E-state index in [-0.39, 0.29) is 4.32 Å². The second kappa shape index (κ2) is 3.05. The van der Waals surface area contributed by atoms with Crippen molar-refractivity contribution in [3.8, 4) is 0 Å². The second-order valence-corrected chi connectivity index (χ2v) is 6.60. The van der Waals surface area contributed by atoms with E-state index in [1.54, 1.807) is 6.21 Å². The molecule has 0 atom stereocenters. The van der Waals surface area contributed by atoms with Crippen molar-refractivity contribution in [2.45, 2.75) is 49.5 Å². The third-order valence-corrected chi connectivity index (χ3v) is 3.40. The monoisotopic (exact) mass is 258 g/mol. The van der Waals surface area contributed by atoms with Gasteiger partial charge in [0.15, 0.2) is 6.21 Å². The highest BCUT2D eigenvalue weighted by atomic mass is 79.9. The number of hydroxylamine groups is 1. The lowest BCUT2D eigenvalue weighted by atomic mass is 10.1. The summed E-state index contributed by atoms with van der Waals surface area (Å²) in [5.41, 5.74) is 0.426. The molecule has 2 rings (SSSR count). The fraction of sp³-hybridized carbons (Fsp3) is 0.800. The van der Waals surface area contributed by atoms with Crippen LogP contribution < -0.4 is 0 Å². The van der Waals surface area contributed by atoms with Gasteiger partial charge in [-0.25, -0.2) is 4.99 Å². The number of hydrogen-bond donors (Lipinski definition) is 0. The predicted octanol–water partition coefficient (Wildman–Crippen LogP) is 2.47. The van der Waals surface area contributed by atoms with Crippen molar-refractivity contribution >= 4 is 27.9 Å². The fourth-order valence-corrected chi connectivity index (χ4v) is 2.28. The van der Waals surface area contributed by atoms with Crippen molar-refractivity contribution in [3.05, 3.63) is 5.21 Å². The molecule has 78 valence electrons. The first-order valence-corrected chi connectivity index (χ1v) is 5.84. The van der Waals surface area contributed by atoms with Crippen molar-refractivity contribution in [2.75, 3.05) is 0 Å². The molecule has 3 nitrogen and oxygen atoms in total. The third-order valence-electron chi connectivity index (χ3n) is 2.99. The molecule has 1 aliphatic heterocycles. The molecule has 0 aromatic carbocycles. The van der Waals surface area contributed by atoms with Gasteiger partial charge in [0.05, 0.1) is 4.32 Å². The Balaban J connectivity index is 2.33. The summed E-state index contributed by atoms with van der Waals surface area (Å²) in [6.07, 6.45) is 5.68. The van der Waals surface area contributed by atoms with Gasteiger partial charge in [-0.15, -0.1) is 0 Å². The number of hydrogen-bond acceptors (Lipinski definition) is 2. The van der Waals surface area contributed by atoms with Gasteiger partial charge in [0.1, 0.15) is 5.71 Å². The van der Waals surface area contributed by atoms with Crippen molar-refractivity contribution in [1.82, 2.24) is 0 Å². The van der Waals surface area contributed by atoms with Crippen LogP contribution in [0.5, 0.6) is 0 Å². The highest BCUT2D eigenvalue weighted by Crippen LogP contribution is 2.37. The van der Waals surface area contributed by atoms with E-state index in [4.69, 9.17) is 0 Å². The average molecular weight is 259 g/mol. The van der Waals surface area contributed by atoms with Gasteiger partial charge < -0.3 is 5.21 Å². The van der Waals surface area contributed by atoms with Gasteiger partial charge >= 0.3 is 0 Å². The molecule has 0 aromatic heterocycles. The molecule has 0 N–H and O–H groups in total. The third kappa shape index (κ3) is 1.49. The quantitative estimate of drug-likeness (QED) is 0.405. The molecule has 0 aromatic rings. The van der Waals surface area contributed by atoms with Crippen LogP contribution in [-0.2, 0) is 0 Å². The van der Waals surface area contributed by atoms with Crippen LogP contribution in [-0.4, -0.2) is 26.7 Å². The Morgan fingerprint density at radius 1 is 1.50 bits per heavy atom. The Labute approximate surface area is 92.6 Å². The maximum atomic E-state index is 11.8. The normalized spacial score (nSPS) is 25.4. The Kier molecular flexibility index (Phi) is 2.21. The van der Waals surface area contributed by atoms with Crippen LogP contribution in [0.25, 0.3) is 0 Å². The molecule has 1 saturated carbocycles. The lowest BCUT2D eigenvalue weighted by Gasteiger charge is -2.18. The fourth-order valence-electron chi connectivity index (χ4n) is 2.09. The summed E-state index contributed by atoms with van der Waals surface area (Å²) in [4.78, 5) is 4.60. The first-order valence-electron chi connectivity index (χ1n) is 5.05. The van der Waals surface area contributed by atoms with Crippen molar-refractivity contribution < 1.29 is 4.74 Å². The predicted molar refractivity (Wildman–Crippen MR) is 61.3 cm³/mol. The summed E-state index contributed by atoms with van der Waals surface area (Å²) in [6.45, 7) is 4.04. The minimum atomic E-state index is -0.444. The van der Waals surface area contributed by atoms with Crippen LogP contribution in [0.2, 0.25) is 0 Å². The SMILES string of the molecule is CC(C)(Br)C1=NC2(CCCC2)[N+]([O-])=C1. The smallest absolute Gasteiger partial charge is 0.265 e. The van der Waals surface area contributed by atoms with Crippen LogP contribution in [0.4, 0.5) is 0 Å². The van der Waals surface area contributed by atoms with E-state index in [9.17, 15) is 5.21 Å². The summed E-state index contributed by atoms with van der Waals surface area (Å²) in [7, 11) is 0. The van der Waals surface area contributed by atoms with Gasteiger partial charge in [0.25, 0.3) is 5.66 Å². The van der Waals surface area contributed by atoms with Gasteiger partial charge in [-0.05, 0) is 26.7 Å². The van der Waals surface area contributed by atoms with E-state index in [2.05, 4.69) is 20.9 Å². The van der Waals surface area contributed by atoms with E-state index >= 15 is 0 Å². The molecule has 1 aliphatic carbocycles. The lowest BCUT2D eigenvalue weighted by molar-refractivity contribution is -0.537. The van der Waals surface area contributed by atoms with Crippen molar-refractivity contribution in [2.24, 2.45) is 4.99 Å². The van der Waals surface area contributed by atoms with Gasteiger partial charge in [0, 0.05) is 12.8 Å². The Morgan fingerprint density at radius 2 is 2.07 bits per heavy atom. The largest absolute Gasteiger partial charge is 0.622 e. The zero-order valence-corrected chi connectivity index (χ0v) is 10.2. The van der Waals surface area contributed by atoms with Crippen LogP contribution >= 0.6 is 15.9 Å². The summed E-state index contributed by atoms with van der Waals surface area (Å²) >= 11 is 3.54. The minimum Gasteiger partial charge on any atom is -0.622 e. The lowest BCUT2D eigenvalue weighted by Crippen LogP contribution is -2.31. The highest BCUT2D eigenvalue weighted by Gasteiger charge is 2.47. The molecule has 0 saturated heterocycles. The molecule has 0 unspecified atom stereocenters. The Hall–Kier alpha value is -0.380. The van der Waals surface area contributed by atoms with Crippen molar-refractivity contribution in [3.63, 3.8) is 0 Å². The van der Waals surface area contributed by atoms with E-state index < -0.39 is 5.66 Å². The molecule has 14 heavy (non-hydrogen) atoms. The molecule has 0 bridgehead atoms. The average Bonchev–Trinajstić information content (AvgIpc) is 2.62. The van der Waals surface area contributed by atoms with Crippen LogP contribution in [0.1, 0.15) is 39.5 Å². The molecule has 1 fully saturated rings. The highest BCUT2D eigenvalue weighted by molar-refractivity contribution is 9.10. The van der Waals surface area contributed by atoms with Crippen LogP contribution in [0.15, 0.2) is 4.99 Å². The van der Waals surface area contributed by atoms with E-state index in [1.165, 1.54) is 0 Å². The van der Waals surface area contributed by atoms with Gasteiger partial charge in [-0.1, -0.05) is 15.9 Å². The van der Waals surface area contributed by atoms with Crippen LogP contribution in [0.3, 0.4) is 0 Å². The minimum absolute atomic E-state index is 0.193. The van der Waals surface area contributed by atoms with Crippen LogP contribution in [0, 0.1) is 5.21 Å². The summed E-state index contributed by atoms with van der Waals surface area (Å²) in [6, 6.07) is 0. The molecule has 4 heteroatoms. The van der Waals surface area contributed by atoms with Gasteiger partial charge in [-0.2, -0.15) is 4.74 Å². The molecular weight excluding hydrogens is 244 g/mol. The number of aliphatic imine (C=N–C) groups is 1. The zero-order chi connectivity index (χ0) is 10.4. The molecule has 0 radical (unpaired) electrons. The summed E-state index contributed by atoms with van der Waals surface area (Å²) < 4.78 is 0.861. The first-order chi connectivity index (χ1) is 6.44. The van der Waals surface area contributed by atoms with E-state index in [0.717, 1.165) is 36.1 Å². The van der Waals surface area contributed by atoms with E-state index in [0.29, 0.717) is 0 Å². The number of rotatable bonds is 1. The summed E-state index contributed by atoms with van der Waals surface area (Å²) in [5, 5.41) is 11.8. The molecule has 1 spiro atoms. The maximum absolute atomic E-state index is 11.8. The second-order valence-electron chi connectivity index (χ2n) is 4.61. The van der Waals surface area contributed by atoms with E-state index in [1.807, 2.05) is 13.8 Å². The molecule has 2 aliphatic rings. The first kappa shape index (κ1) is 10.1. The topological polar surface area (TPSA) is 38.4 Å². The zero-order valence-electron chi connectivity index (χ0n) is 8.59. The molecule has 0 amide bonds. The Morgan fingerprint density at radius 3 is 2.50 bits per heavy atom. The van der Waals surface area contributed by atoms with Crippen molar-refractivity contribution in [1.29, 1.82) is 0 Å². The number of halogens is 1. The molecule has 1 heterocycles. The Bertz CT molecular complexity index is 309. The maximum Gasteiger partial charge on any atom is 0.265 e. The summed E-state index contributed by atoms with van der Waals surface area (Å²) in [5.74, 6) is 0. The number of nitrogens with zero attached hydrogens (tertiary/aromatic N) is 2. The van der Waals surface area contributed by atoms with Gasteiger partial charge in [0.2, 0.25) is 0 Å². The van der Waals surface area contributed by atoms with Gasteiger partial charge in [-0.3, -0.25) is 0 Å². The number of alkyl halides is 1.